The van der Waals surface area contributed by atoms with Crippen molar-refractivity contribution < 1.29 is 9.21 Å². The minimum atomic E-state index is -0.184. The number of hydrogen-bond donors (Lipinski definition) is 1. The molecule has 3 aromatic heterocycles. The molecular formula is C37H35N5O3. The molecule has 0 unspecified atom stereocenters. The zero-order chi connectivity index (χ0) is 30.8. The summed E-state index contributed by atoms with van der Waals surface area (Å²) in [7, 11) is 0. The van der Waals surface area contributed by atoms with Crippen molar-refractivity contribution in [3.8, 4) is 5.69 Å². The van der Waals surface area contributed by atoms with Gasteiger partial charge in [0.2, 0.25) is 0 Å². The van der Waals surface area contributed by atoms with E-state index in [0.29, 0.717) is 28.6 Å². The summed E-state index contributed by atoms with van der Waals surface area (Å²) in [4.78, 5) is 37.9. The Hall–Kier alpha value is -5.21. The van der Waals surface area contributed by atoms with Crippen LogP contribution in [0.5, 0.6) is 0 Å². The lowest BCUT2D eigenvalue weighted by Gasteiger charge is -2.36. The van der Waals surface area contributed by atoms with Crippen molar-refractivity contribution in [2.75, 3.05) is 31.1 Å². The number of amides is 1. The van der Waals surface area contributed by atoms with Crippen LogP contribution >= 0.6 is 0 Å². The van der Waals surface area contributed by atoms with Gasteiger partial charge in [0.15, 0.2) is 0 Å². The molecule has 0 saturated carbocycles. The maximum absolute atomic E-state index is 14.4. The molecule has 1 atom stereocenters. The van der Waals surface area contributed by atoms with Crippen molar-refractivity contribution >= 4 is 33.5 Å². The number of nitrogens with one attached hydrogen (secondary N) is 1. The summed E-state index contributed by atoms with van der Waals surface area (Å²) in [5, 5.41) is 5.50. The van der Waals surface area contributed by atoms with Crippen LogP contribution in [0.15, 0.2) is 119 Å². The van der Waals surface area contributed by atoms with E-state index in [4.69, 9.17) is 4.42 Å². The number of carbonyl (C=O) groups is 1. The first kappa shape index (κ1) is 28.6. The number of aromatic nitrogens is 2. The molecule has 0 aliphatic carbocycles. The van der Waals surface area contributed by atoms with E-state index in [2.05, 4.69) is 27.0 Å². The molecule has 0 spiro atoms. The highest BCUT2D eigenvalue weighted by molar-refractivity contribution is 6.08. The smallest absolute Gasteiger partial charge is 0.263 e. The van der Waals surface area contributed by atoms with E-state index < -0.39 is 0 Å². The van der Waals surface area contributed by atoms with Gasteiger partial charge in [0.05, 0.1) is 28.9 Å². The van der Waals surface area contributed by atoms with Crippen LogP contribution in [0.2, 0.25) is 0 Å². The fourth-order valence-electron chi connectivity index (χ4n) is 6.45. The first-order valence-electron chi connectivity index (χ1n) is 15.5. The van der Waals surface area contributed by atoms with Crippen LogP contribution in [0, 0.1) is 0 Å². The molecule has 45 heavy (non-hydrogen) atoms. The number of pyridine rings is 2. The van der Waals surface area contributed by atoms with Crippen LogP contribution in [-0.4, -0.2) is 46.5 Å². The quantitative estimate of drug-likeness (QED) is 0.221. The van der Waals surface area contributed by atoms with Crippen molar-refractivity contribution in [3.63, 3.8) is 0 Å². The van der Waals surface area contributed by atoms with Gasteiger partial charge in [0, 0.05) is 55.4 Å². The predicted molar refractivity (Wildman–Crippen MR) is 178 cm³/mol. The van der Waals surface area contributed by atoms with E-state index >= 15 is 0 Å². The third-order valence-electron chi connectivity index (χ3n) is 8.75. The number of piperazine rings is 1. The molecule has 7 rings (SSSR count). The summed E-state index contributed by atoms with van der Waals surface area (Å²) in [6.07, 6.45) is 4.22. The number of rotatable bonds is 8. The largest absolute Gasteiger partial charge is 0.464 e. The summed E-state index contributed by atoms with van der Waals surface area (Å²) in [6, 6.07) is 30.8. The summed E-state index contributed by atoms with van der Waals surface area (Å²) >= 11 is 0. The number of benzene rings is 3. The number of hydrogen-bond acceptors (Lipinski definition) is 6. The van der Waals surface area contributed by atoms with Gasteiger partial charge in [-0.1, -0.05) is 73.7 Å². The van der Waals surface area contributed by atoms with Gasteiger partial charge in [-0.3, -0.25) is 19.1 Å². The molecule has 1 N–H and O–H groups in total. The number of para-hydroxylation sites is 1. The zero-order valence-electron chi connectivity index (χ0n) is 25.2. The van der Waals surface area contributed by atoms with E-state index in [-0.39, 0.29) is 17.5 Å². The van der Waals surface area contributed by atoms with Gasteiger partial charge >= 0.3 is 0 Å². The van der Waals surface area contributed by atoms with Crippen molar-refractivity contribution in [2.45, 2.75) is 25.9 Å². The molecule has 8 nitrogen and oxygen atoms in total. The van der Waals surface area contributed by atoms with Gasteiger partial charge < -0.3 is 14.6 Å². The van der Waals surface area contributed by atoms with Gasteiger partial charge in [-0.2, -0.15) is 0 Å². The Balaban J connectivity index is 1.28. The topological polar surface area (TPSA) is 83.6 Å². The normalized spacial score (nSPS) is 14.6. The van der Waals surface area contributed by atoms with Crippen molar-refractivity contribution in [3.05, 3.63) is 137 Å². The maximum atomic E-state index is 14.4. The Morgan fingerprint density at radius 2 is 1.53 bits per heavy atom. The van der Waals surface area contributed by atoms with Gasteiger partial charge in [-0.15, -0.1) is 0 Å². The van der Waals surface area contributed by atoms with Crippen molar-refractivity contribution in [2.24, 2.45) is 0 Å². The second-order valence-electron chi connectivity index (χ2n) is 11.4. The number of anilines is 1. The van der Waals surface area contributed by atoms with Crippen LogP contribution in [-0.2, 0) is 6.54 Å². The Morgan fingerprint density at radius 3 is 2.27 bits per heavy atom. The molecule has 1 fully saturated rings. The number of furan rings is 1. The highest BCUT2D eigenvalue weighted by Gasteiger charge is 2.28. The minimum absolute atomic E-state index is 0.132. The van der Waals surface area contributed by atoms with E-state index in [1.54, 1.807) is 17.0 Å². The molecule has 0 bridgehead atoms. The average molecular weight is 598 g/mol. The molecule has 1 amide bonds. The molecule has 1 aliphatic rings. The van der Waals surface area contributed by atoms with Gasteiger partial charge in [-0.05, 0) is 42.3 Å². The molecule has 1 aliphatic heterocycles. The molecule has 0 radical (unpaired) electrons. The average Bonchev–Trinajstić information content (AvgIpc) is 3.58. The highest BCUT2D eigenvalue weighted by Crippen LogP contribution is 2.29. The van der Waals surface area contributed by atoms with Gasteiger partial charge in [0.25, 0.3) is 11.5 Å². The Kier molecular flexibility index (Phi) is 7.88. The van der Waals surface area contributed by atoms with Crippen LogP contribution in [0.1, 0.15) is 41.0 Å². The number of nitrogens with zero attached hydrogens (tertiary/aromatic N) is 4. The van der Waals surface area contributed by atoms with E-state index in [1.165, 1.54) is 0 Å². The molecule has 1 saturated heterocycles. The van der Waals surface area contributed by atoms with Gasteiger partial charge in [-0.25, -0.2) is 4.98 Å². The molecule has 4 heterocycles. The van der Waals surface area contributed by atoms with Crippen LogP contribution in [0.3, 0.4) is 0 Å². The first-order chi connectivity index (χ1) is 22.1. The summed E-state index contributed by atoms with van der Waals surface area (Å²) < 4.78 is 7.34. The van der Waals surface area contributed by atoms with E-state index in [1.807, 2.05) is 97.1 Å². The molecule has 8 heteroatoms. The molecule has 6 aromatic rings. The molecule has 3 aromatic carbocycles. The van der Waals surface area contributed by atoms with Crippen molar-refractivity contribution in [1.29, 1.82) is 0 Å². The fraction of sp³-hybridized carbons (Fsp3) is 0.216. The fourth-order valence-corrected chi connectivity index (χ4v) is 6.45. The SMILES string of the molecule is CC[C@H](NC(=O)c1c(CN2CCN(c3nccc4occc34)CC2)n(-c2ccccc2)c(=O)c2ccccc12)c1ccccc1. The lowest BCUT2D eigenvalue weighted by molar-refractivity contribution is 0.0934. The maximum Gasteiger partial charge on any atom is 0.263 e. The minimum Gasteiger partial charge on any atom is -0.464 e. The van der Waals surface area contributed by atoms with E-state index in [0.717, 1.165) is 60.6 Å². The van der Waals surface area contributed by atoms with Gasteiger partial charge in [0.1, 0.15) is 11.4 Å². The lowest BCUT2D eigenvalue weighted by atomic mass is 9.99. The lowest BCUT2D eigenvalue weighted by Crippen LogP contribution is -2.47. The summed E-state index contributed by atoms with van der Waals surface area (Å²) in [5.74, 6) is 0.732. The summed E-state index contributed by atoms with van der Waals surface area (Å²) in [5.41, 5.74) is 3.70. The van der Waals surface area contributed by atoms with Crippen molar-refractivity contribution in [1.82, 2.24) is 19.8 Å². The second-order valence-corrected chi connectivity index (χ2v) is 11.4. The third-order valence-corrected chi connectivity index (χ3v) is 8.75. The predicted octanol–water partition coefficient (Wildman–Crippen LogP) is 6.34. The van der Waals surface area contributed by atoms with E-state index in [9.17, 15) is 9.59 Å². The molecule has 226 valence electrons. The number of carbonyl (C=O) groups excluding carboxylic acids is 1. The standard InChI is InChI=1S/C37H35N5O3/c1-2-31(26-11-5-3-6-12-26)39-36(43)34-28-15-9-10-16-29(28)37(44)42(27-13-7-4-8-14-27)32(34)25-40-20-22-41(23-21-40)35-30-18-24-45-33(30)17-19-38-35/h3-19,24,31H,2,20-23,25H2,1H3,(H,39,43)/t31-/m0/s1. The number of fused-ring (bicyclic) bond motifs is 2. The zero-order valence-corrected chi connectivity index (χ0v) is 25.2. The highest BCUT2D eigenvalue weighted by atomic mass is 16.3. The second kappa shape index (κ2) is 12.4. The van der Waals surface area contributed by atoms with Crippen LogP contribution in [0.25, 0.3) is 27.4 Å². The summed E-state index contributed by atoms with van der Waals surface area (Å²) in [6.45, 7) is 5.52. The monoisotopic (exact) mass is 597 g/mol. The third kappa shape index (κ3) is 5.49. The Morgan fingerprint density at radius 1 is 0.844 bits per heavy atom. The Bertz CT molecular complexity index is 2010. The Labute approximate surface area is 261 Å². The van der Waals surface area contributed by atoms with Crippen LogP contribution in [0.4, 0.5) is 5.82 Å². The van der Waals surface area contributed by atoms with Crippen LogP contribution < -0.4 is 15.8 Å². The molecular weight excluding hydrogens is 562 g/mol. The first-order valence-corrected chi connectivity index (χ1v) is 15.5.